The molecule has 0 spiro atoms. The summed E-state index contributed by atoms with van der Waals surface area (Å²) in [6.45, 7) is 1.10. The van der Waals surface area contributed by atoms with Gasteiger partial charge in [-0.25, -0.2) is 0 Å². The first-order chi connectivity index (χ1) is 7.86. The van der Waals surface area contributed by atoms with Crippen LogP contribution in [-0.4, -0.2) is 19.4 Å². The lowest BCUT2D eigenvalue weighted by Gasteiger charge is -2.15. The van der Waals surface area contributed by atoms with Crippen molar-refractivity contribution >= 4 is 21.0 Å². The molecular weight excluding hydrogens is 225 g/mol. The first kappa shape index (κ1) is 11.1. The minimum Gasteiger partial charge on any atom is -0.492 e. The Morgan fingerprint density at radius 2 is 2.38 bits per heavy atom. The average molecular weight is 238 g/mol. The van der Waals surface area contributed by atoms with Gasteiger partial charge in [0.25, 0.3) is 5.69 Å². The molecule has 0 amide bonds. The number of hydrogen-bond donors (Lipinski definition) is 1. The third-order valence-corrected chi connectivity index (χ3v) is 2.49. The highest BCUT2D eigenvalue weighted by Gasteiger charge is 2.20. The summed E-state index contributed by atoms with van der Waals surface area (Å²) in [5.74, 6) is 1.31. The van der Waals surface area contributed by atoms with E-state index in [4.69, 9.17) is 9.47 Å². The zero-order valence-corrected chi connectivity index (χ0v) is 9.89. The van der Waals surface area contributed by atoms with Crippen LogP contribution in [0.15, 0.2) is 18.2 Å². The monoisotopic (exact) mass is 238 g/mol. The Hall–Kier alpha value is -1.41. The van der Waals surface area contributed by atoms with E-state index in [1.54, 1.807) is 12.1 Å². The predicted molar refractivity (Wildman–Crippen MR) is 65.0 cm³/mol. The molecule has 0 saturated heterocycles. The molecule has 1 unspecified atom stereocenters. The Morgan fingerprint density at radius 3 is 3.12 bits per heavy atom. The minimum absolute atomic E-state index is 0.442. The Kier molecular flexibility index (Phi) is 3.52. The molecule has 0 saturated carbocycles. The minimum atomic E-state index is 0.442. The highest BCUT2D eigenvalue weighted by molar-refractivity contribution is 7.16. The fourth-order valence-electron chi connectivity index (χ4n) is 1.57. The second kappa shape index (κ2) is 5.08. The molecule has 16 heavy (non-hydrogen) atoms. The summed E-state index contributed by atoms with van der Waals surface area (Å²) >= 11 is 0. The molecule has 1 heterocycles. The standard InChI is InChI=1S/C11H12NO3P/c13-12-9-3-4-10(14-6-7-16)8-2-1-5-15-11(8)9/h1-4H,5-7,16H2/p+1. The molecule has 1 aliphatic heterocycles. The van der Waals surface area contributed by atoms with Gasteiger partial charge in [-0.2, -0.15) is 0 Å². The van der Waals surface area contributed by atoms with Crippen molar-refractivity contribution in [1.29, 1.82) is 0 Å². The van der Waals surface area contributed by atoms with Crippen molar-refractivity contribution < 1.29 is 14.7 Å². The summed E-state index contributed by atoms with van der Waals surface area (Å²) in [6, 6.07) is 3.45. The van der Waals surface area contributed by atoms with Gasteiger partial charge in [0.15, 0.2) is 0 Å². The Morgan fingerprint density at radius 1 is 1.50 bits per heavy atom. The summed E-state index contributed by atoms with van der Waals surface area (Å²) in [5, 5.41) is 1.87. The van der Waals surface area contributed by atoms with E-state index in [1.165, 1.54) is 0 Å². The van der Waals surface area contributed by atoms with Crippen LogP contribution in [0, 0.1) is 4.91 Å². The number of fused-ring (bicyclic) bond motifs is 1. The van der Waals surface area contributed by atoms with Crippen LogP contribution >= 0.6 is 9.24 Å². The summed E-state index contributed by atoms with van der Waals surface area (Å²) in [5.41, 5.74) is 1.27. The van der Waals surface area contributed by atoms with Gasteiger partial charge < -0.3 is 9.47 Å². The van der Waals surface area contributed by atoms with Crippen molar-refractivity contribution in [2.24, 2.45) is 0 Å². The summed E-state index contributed by atoms with van der Waals surface area (Å²) < 4.78 is 11.0. The van der Waals surface area contributed by atoms with Gasteiger partial charge in [-0.3, -0.25) is 0 Å². The van der Waals surface area contributed by atoms with Gasteiger partial charge in [-0.05, 0) is 24.4 Å². The number of benzene rings is 1. The van der Waals surface area contributed by atoms with E-state index in [0.29, 0.717) is 24.7 Å². The number of hydrogen-bond acceptors (Lipinski definition) is 3. The van der Waals surface area contributed by atoms with Crippen LogP contribution in [0.25, 0.3) is 6.08 Å². The van der Waals surface area contributed by atoms with Gasteiger partial charge in [0.1, 0.15) is 12.4 Å². The fourth-order valence-corrected chi connectivity index (χ4v) is 1.69. The molecule has 5 heteroatoms. The van der Waals surface area contributed by atoms with Crippen LogP contribution in [0.5, 0.6) is 11.5 Å². The van der Waals surface area contributed by atoms with Crippen molar-refractivity contribution in [2.45, 2.75) is 0 Å². The number of rotatable bonds is 4. The van der Waals surface area contributed by atoms with Gasteiger partial charge in [0.05, 0.1) is 12.2 Å². The van der Waals surface area contributed by atoms with Crippen LogP contribution in [0.3, 0.4) is 0 Å². The van der Waals surface area contributed by atoms with Gasteiger partial charge in [-0.15, -0.1) is 9.24 Å². The SMILES string of the molecule is O=[NH+]c1ccc(OCCP)c2c1OCC=C2. The van der Waals surface area contributed by atoms with Crippen LogP contribution in [0.2, 0.25) is 0 Å². The maximum absolute atomic E-state index is 10.7. The van der Waals surface area contributed by atoms with Gasteiger partial charge in [0, 0.05) is 16.2 Å². The van der Waals surface area contributed by atoms with Crippen molar-refractivity contribution in [3.05, 3.63) is 28.7 Å². The molecule has 0 aromatic heterocycles. The van der Waals surface area contributed by atoms with E-state index in [9.17, 15) is 4.91 Å². The molecular formula is C11H13NO3P+. The summed E-state index contributed by atoms with van der Waals surface area (Å²) in [6.07, 6.45) is 4.67. The second-order valence-electron chi connectivity index (χ2n) is 3.31. The Balaban J connectivity index is 2.41. The van der Waals surface area contributed by atoms with E-state index in [1.807, 2.05) is 17.3 Å². The Bertz CT molecular complexity index is 431. The summed E-state index contributed by atoms with van der Waals surface area (Å²) in [7, 11) is 2.60. The number of ether oxygens (including phenoxy) is 2. The third-order valence-electron chi connectivity index (χ3n) is 2.25. The normalized spacial score (nSPS) is 12.8. The lowest BCUT2D eigenvalue weighted by molar-refractivity contribution is -0.380. The van der Waals surface area contributed by atoms with Crippen LogP contribution in [0.4, 0.5) is 5.69 Å². The average Bonchev–Trinajstić information content (AvgIpc) is 2.36. The quantitative estimate of drug-likeness (QED) is 0.790. The van der Waals surface area contributed by atoms with Gasteiger partial charge in [-0.1, -0.05) is 0 Å². The van der Waals surface area contributed by atoms with E-state index < -0.39 is 0 Å². The molecule has 1 aromatic rings. The Labute approximate surface area is 95.8 Å². The lowest BCUT2D eigenvalue weighted by Crippen LogP contribution is -2.56. The highest BCUT2D eigenvalue weighted by atomic mass is 31.0. The molecule has 0 fully saturated rings. The van der Waals surface area contributed by atoms with Crippen LogP contribution < -0.4 is 14.7 Å². The molecule has 0 aliphatic carbocycles. The zero-order chi connectivity index (χ0) is 11.4. The van der Waals surface area contributed by atoms with Crippen LogP contribution in [0.1, 0.15) is 5.56 Å². The zero-order valence-electron chi connectivity index (χ0n) is 8.73. The molecule has 1 atom stereocenters. The molecule has 2 rings (SSSR count). The van der Waals surface area contributed by atoms with Crippen molar-refractivity contribution in [2.75, 3.05) is 19.4 Å². The molecule has 0 radical (unpaired) electrons. The molecule has 0 bridgehead atoms. The van der Waals surface area contributed by atoms with E-state index >= 15 is 0 Å². The maximum atomic E-state index is 10.7. The largest absolute Gasteiger partial charge is 0.492 e. The smallest absolute Gasteiger partial charge is 0.295 e. The van der Waals surface area contributed by atoms with Gasteiger partial charge >= 0.3 is 0 Å². The van der Waals surface area contributed by atoms with Crippen molar-refractivity contribution in [3.63, 3.8) is 0 Å². The maximum Gasteiger partial charge on any atom is 0.295 e. The van der Waals surface area contributed by atoms with Crippen molar-refractivity contribution in [3.8, 4) is 11.5 Å². The third kappa shape index (κ3) is 2.07. The highest BCUT2D eigenvalue weighted by Crippen LogP contribution is 2.36. The lowest BCUT2D eigenvalue weighted by atomic mass is 10.1. The number of nitroso groups, excluding NO2 is 1. The molecule has 1 aromatic carbocycles. The molecule has 4 nitrogen and oxygen atoms in total. The first-order valence-corrected chi connectivity index (χ1v) is 5.86. The van der Waals surface area contributed by atoms with E-state index in [0.717, 1.165) is 17.5 Å². The van der Waals surface area contributed by atoms with E-state index in [2.05, 4.69) is 9.24 Å². The van der Waals surface area contributed by atoms with Crippen molar-refractivity contribution in [1.82, 2.24) is 0 Å². The number of nitrogens with one attached hydrogen (secondary N) is 1. The topological polar surface area (TPSA) is 49.5 Å². The fraction of sp³-hybridized carbons (Fsp3) is 0.273. The van der Waals surface area contributed by atoms with E-state index in [-0.39, 0.29) is 0 Å². The summed E-state index contributed by atoms with van der Waals surface area (Å²) in [4.78, 5) is 10.7. The van der Waals surface area contributed by atoms with Crippen LogP contribution in [-0.2, 0) is 0 Å². The molecule has 1 N–H and O–H groups in total. The van der Waals surface area contributed by atoms with Gasteiger partial charge in [0.2, 0.25) is 5.75 Å². The molecule has 84 valence electrons. The first-order valence-electron chi connectivity index (χ1n) is 5.04. The molecule has 1 aliphatic rings. The predicted octanol–water partition coefficient (Wildman–Crippen LogP) is 0.825. The second-order valence-corrected chi connectivity index (χ2v) is 3.88.